The Bertz CT molecular complexity index is 323. The Labute approximate surface area is 109 Å². The van der Waals surface area contributed by atoms with E-state index in [4.69, 9.17) is 11.2 Å². The van der Waals surface area contributed by atoms with Gasteiger partial charge in [0.25, 0.3) is 0 Å². The highest BCUT2D eigenvalue weighted by Gasteiger charge is 2.22. The molecule has 4 heteroatoms. The monoisotopic (exact) mass is 253 g/mol. The minimum Gasteiger partial charge on any atom is -0.458 e. The van der Waals surface area contributed by atoms with Gasteiger partial charge in [0.2, 0.25) is 5.91 Å². The normalized spacial score (nSPS) is 12.4. The first kappa shape index (κ1) is 16.5. The molecule has 0 aromatic carbocycles. The molecule has 4 nitrogen and oxygen atoms in total. The number of unbranched alkanes of at least 4 members (excludes halogenated alkanes) is 2. The molecule has 0 aromatic heterocycles. The molecule has 0 rings (SSSR count). The molecular weight excluding hydrogens is 230 g/mol. The number of amides is 1. The van der Waals surface area contributed by atoms with E-state index in [0.29, 0.717) is 12.8 Å². The minimum absolute atomic E-state index is 0.148. The van der Waals surface area contributed by atoms with Gasteiger partial charge in [-0.1, -0.05) is 0 Å². The fourth-order valence-corrected chi connectivity index (χ4v) is 1.28. The Balaban J connectivity index is 3.93. The number of carbonyl (C=O) groups excluding carboxylic acids is 2. The van der Waals surface area contributed by atoms with Gasteiger partial charge in [0.05, 0.1) is 0 Å². The average Bonchev–Trinajstić information content (AvgIpc) is 2.22. The van der Waals surface area contributed by atoms with Gasteiger partial charge in [-0.2, -0.15) is 0 Å². The molecule has 18 heavy (non-hydrogen) atoms. The van der Waals surface area contributed by atoms with Crippen molar-refractivity contribution in [3.05, 3.63) is 0 Å². The van der Waals surface area contributed by atoms with Crippen molar-refractivity contribution in [2.45, 2.75) is 65.0 Å². The Kier molecular flexibility index (Phi) is 7.11. The van der Waals surface area contributed by atoms with E-state index >= 15 is 0 Å². The third kappa shape index (κ3) is 8.63. The van der Waals surface area contributed by atoms with E-state index in [2.05, 4.69) is 11.2 Å². The quantitative estimate of drug-likeness (QED) is 0.447. The summed E-state index contributed by atoms with van der Waals surface area (Å²) in [5, 5.41) is 2.61. The number of hydrogen-bond donors (Lipinski definition) is 1. The van der Waals surface area contributed by atoms with Gasteiger partial charge in [0.1, 0.15) is 11.6 Å². The Morgan fingerprint density at radius 1 is 1.33 bits per heavy atom. The maximum Gasteiger partial charge on any atom is 0.328 e. The van der Waals surface area contributed by atoms with Crippen LogP contribution in [0.4, 0.5) is 0 Å². The van der Waals surface area contributed by atoms with E-state index in [1.165, 1.54) is 0 Å². The van der Waals surface area contributed by atoms with Crippen molar-refractivity contribution in [1.29, 1.82) is 0 Å². The zero-order chi connectivity index (χ0) is 14.2. The Morgan fingerprint density at radius 3 is 2.44 bits per heavy atom. The third-order valence-electron chi connectivity index (χ3n) is 2.11. The molecule has 1 amide bonds. The number of nitrogens with one attached hydrogen (secondary N) is 1. The van der Waals surface area contributed by atoms with Gasteiger partial charge in [-0.25, -0.2) is 4.79 Å². The summed E-state index contributed by atoms with van der Waals surface area (Å²) in [7, 11) is 0. The molecular formula is C14H23NO3. The molecule has 0 unspecified atom stereocenters. The van der Waals surface area contributed by atoms with Gasteiger partial charge in [0, 0.05) is 12.8 Å². The van der Waals surface area contributed by atoms with Crippen molar-refractivity contribution < 1.29 is 14.3 Å². The van der Waals surface area contributed by atoms with E-state index in [-0.39, 0.29) is 5.91 Å². The fraction of sp³-hybridized carbons (Fsp3) is 0.714. The molecule has 0 saturated heterocycles. The van der Waals surface area contributed by atoms with E-state index in [0.717, 1.165) is 12.8 Å². The van der Waals surface area contributed by atoms with Gasteiger partial charge in [0.15, 0.2) is 0 Å². The summed E-state index contributed by atoms with van der Waals surface area (Å²) >= 11 is 0. The van der Waals surface area contributed by atoms with Crippen molar-refractivity contribution in [3.8, 4) is 12.3 Å². The smallest absolute Gasteiger partial charge is 0.328 e. The van der Waals surface area contributed by atoms with Crippen molar-refractivity contribution in [2.75, 3.05) is 0 Å². The first-order valence-corrected chi connectivity index (χ1v) is 6.22. The molecule has 1 atom stereocenters. The Morgan fingerprint density at radius 2 is 1.94 bits per heavy atom. The topological polar surface area (TPSA) is 55.4 Å². The Hall–Kier alpha value is -1.50. The zero-order valence-corrected chi connectivity index (χ0v) is 11.7. The van der Waals surface area contributed by atoms with Crippen LogP contribution in [0, 0.1) is 12.3 Å². The second kappa shape index (κ2) is 7.75. The number of terminal acetylenes is 1. The van der Waals surface area contributed by atoms with Crippen LogP contribution in [0.2, 0.25) is 0 Å². The summed E-state index contributed by atoms with van der Waals surface area (Å²) in [4.78, 5) is 23.1. The van der Waals surface area contributed by atoms with Gasteiger partial charge >= 0.3 is 5.97 Å². The molecule has 1 N–H and O–H groups in total. The number of hydrogen-bond acceptors (Lipinski definition) is 3. The maximum atomic E-state index is 11.6. The van der Waals surface area contributed by atoms with E-state index in [9.17, 15) is 9.59 Å². The summed E-state index contributed by atoms with van der Waals surface area (Å²) in [6.45, 7) is 6.99. The second-order valence-corrected chi connectivity index (χ2v) is 5.23. The standard InChI is InChI=1S/C14H23NO3/c1-6-7-8-9-10-12(16)15-11(2)13(17)18-14(3,4)5/h1,11H,7-10H2,2-5H3,(H,15,16)/t11-/m1/s1. The molecule has 0 fully saturated rings. The van der Waals surface area contributed by atoms with Crippen LogP contribution in [0.3, 0.4) is 0 Å². The molecule has 0 aliphatic carbocycles. The van der Waals surface area contributed by atoms with E-state index < -0.39 is 17.6 Å². The van der Waals surface area contributed by atoms with E-state index in [1.807, 2.05) is 0 Å². The van der Waals surface area contributed by atoms with Crippen molar-refractivity contribution in [1.82, 2.24) is 5.32 Å². The first-order valence-electron chi connectivity index (χ1n) is 6.22. The van der Waals surface area contributed by atoms with E-state index in [1.54, 1.807) is 27.7 Å². The lowest BCUT2D eigenvalue weighted by Crippen LogP contribution is -2.42. The van der Waals surface area contributed by atoms with Gasteiger partial charge < -0.3 is 10.1 Å². The highest BCUT2D eigenvalue weighted by atomic mass is 16.6. The molecule has 0 aromatic rings. The zero-order valence-electron chi connectivity index (χ0n) is 11.7. The molecule has 0 spiro atoms. The van der Waals surface area contributed by atoms with Crippen molar-refractivity contribution in [2.24, 2.45) is 0 Å². The summed E-state index contributed by atoms with van der Waals surface area (Å²) in [5.41, 5.74) is -0.539. The molecule has 0 bridgehead atoms. The van der Waals surface area contributed by atoms with Gasteiger partial charge in [-0.3, -0.25) is 4.79 Å². The lowest BCUT2D eigenvalue weighted by Gasteiger charge is -2.22. The summed E-state index contributed by atoms with van der Waals surface area (Å²) in [6, 6.07) is -0.621. The first-order chi connectivity index (χ1) is 8.26. The van der Waals surface area contributed by atoms with Crippen LogP contribution in [0.15, 0.2) is 0 Å². The molecule has 0 radical (unpaired) electrons. The predicted octanol–water partition coefficient (Wildman–Crippen LogP) is 2.03. The van der Waals surface area contributed by atoms with Crippen LogP contribution in [-0.2, 0) is 14.3 Å². The summed E-state index contributed by atoms with van der Waals surface area (Å²) < 4.78 is 5.16. The average molecular weight is 253 g/mol. The van der Waals surface area contributed by atoms with Crippen LogP contribution >= 0.6 is 0 Å². The van der Waals surface area contributed by atoms with Crippen LogP contribution in [0.1, 0.15) is 53.4 Å². The van der Waals surface area contributed by atoms with Crippen LogP contribution in [0.5, 0.6) is 0 Å². The number of esters is 1. The number of ether oxygens (including phenoxy) is 1. The van der Waals surface area contributed by atoms with Crippen LogP contribution in [0.25, 0.3) is 0 Å². The molecule has 102 valence electrons. The van der Waals surface area contributed by atoms with Crippen LogP contribution < -0.4 is 5.32 Å². The molecule has 0 heterocycles. The van der Waals surface area contributed by atoms with Crippen molar-refractivity contribution >= 4 is 11.9 Å². The fourth-order valence-electron chi connectivity index (χ4n) is 1.28. The minimum atomic E-state index is -0.621. The summed E-state index contributed by atoms with van der Waals surface area (Å²) in [5.74, 6) is 1.96. The second-order valence-electron chi connectivity index (χ2n) is 5.23. The molecule has 0 aliphatic rings. The number of carbonyl (C=O) groups is 2. The maximum absolute atomic E-state index is 11.6. The lowest BCUT2D eigenvalue weighted by atomic mass is 10.1. The van der Waals surface area contributed by atoms with Gasteiger partial charge in [-0.15, -0.1) is 12.3 Å². The van der Waals surface area contributed by atoms with Gasteiger partial charge in [-0.05, 0) is 40.5 Å². The highest BCUT2D eigenvalue weighted by molar-refractivity contribution is 5.84. The number of rotatable bonds is 6. The van der Waals surface area contributed by atoms with Crippen LogP contribution in [-0.4, -0.2) is 23.5 Å². The molecule has 0 saturated carbocycles. The SMILES string of the molecule is C#CCCCCC(=O)N[C@H](C)C(=O)OC(C)(C)C. The predicted molar refractivity (Wildman–Crippen MR) is 70.8 cm³/mol. The summed E-state index contributed by atoms with van der Waals surface area (Å²) in [6.07, 6.45) is 7.73. The highest BCUT2D eigenvalue weighted by Crippen LogP contribution is 2.08. The lowest BCUT2D eigenvalue weighted by molar-refractivity contribution is -0.158. The largest absolute Gasteiger partial charge is 0.458 e. The third-order valence-corrected chi connectivity index (χ3v) is 2.11. The van der Waals surface area contributed by atoms with Crippen molar-refractivity contribution in [3.63, 3.8) is 0 Å². The molecule has 0 aliphatic heterocycles.